The second-order valence-electron chi connectivity index (χ2n) is 7.60. The third-order valence-electron chi connectivity index (χ3n) is 5.32. The maximum Gasteiger partial charge on any atom is 0.275 e. The number of hydrogen-bond donors (Lipinski definition) is 1. The molecule has 2 aromatic heterocycles. The average Bonchev–Trinajstić information content (AvgIpc) is 3.39. The number of nitrogens with zero attached hydrogens (tertiary/aromatic N) is 3. The molecule has 0 saturated carbocycles. The van der Waals surface area contributed by atoms with E-state index < -0.39 is 23.7 Å². The number of nitrogens with one attached hydrogen (secondary N) is 1. The fourth-order valence-corrected chi connectivity index (χ4v) is 3.56. The van der Waals surface area contributed by atoms with Gasteiger partial charge in [0.15, 0.2) is 0 Å². The Morgan fingerprint density at radius 3 is 2.44 bits per heavy atom. The van der Waals surface area contributed by atoms with Gasteiger partial charge < -0.3 is 14.6 Å². The fraction of sp³-hybridized carbons (Fsp3) is 0.154. The lowest BCUT2D eigenvalue weighted by atomic mass is 10.0. The van der Waals surface area contributed by atoms with Gasteiger partial charge in [-0.2, -0.15) is 0 Å². The molecular weight excluding hydrogens is 435 g/mol. The number of halogens is 1. The molecule has 34 heavy (non-hydrogen) atoms. The number of aryl methyl sites for hydroxylation is 1. The van der Waals surface area contributed by atoms with E-state index in [1.807, 2.05) is 31.2 Å². The molecule has 0 unspecified atom stereocenters. The molecule has 0 radical (unpaired) electrons. The summed E-state index contributed by atoms with van der Waals surface area (Å²) >= 11 is 0. The monoisotopic (exact) mass is 458 g/mol. The smallest absolute Gasteiger partial charge is 0.275 e. The van der Waals surface area contributed by atoms with Crippen LogP contribution in [0.25, 0.3) is 0 Å². The van der Waals surface area contributed by atoms with Crippen molar-refractivity contribution >= 4 is 17.5 Å². The minimum absolute atomic E-state index is 0.0272. The topological polar surface area (TPSA) is 88.3 Å². The molecule has 2 aromatic carbocycles. The molecule has 172 valence electrons. The number of amides is 2. The molecule has 1 N–H and O–H groups in total. The Kier molecular flexibility index (Phi) is 7.07. The Labute approximate surface area is 196 Å². The highest BCUT2D eigenvalue weighted by Gasteiger charge is 2.33. The van der Waals surface area contributed by atoms with Gasteiger partial charge in [0.2, 0.25) is 0 Å². The van der Waals surface area contributed by atoms with E-state index in [4.69, 9.17) is 4.42 Å². The first kappa shape index (κ1) is 22.8. The molecule has 0 bridgehead atoms. The standard InChI is InChI=1S/C26H23FN4O3/c1-2-18-5-7-19(8-6-18)24(25(32)30-21-11-9-20(27)10-12-21)31(17-22-4-3-15-34-22)26(33)23-16-28-13-14-29-23/h3-16,24H,2,17H2,1H3,(H,30,32)/t24-/m0/s1. The van der Waals surface area contributed by atoms with Gasteiger partial charge in [-0.3, -0.25) is 14.6 Å². The van der Waals surface area contributed by atoms with Crippen molar-refractivity contribution in [2.24, 2.45) is 0 Å². The van der Waals surface area contributed by atoms with Crippen LogP contribution in [-0.2, 0) is 17.8 Å². The summed E-state index contributed by atoms with van der Waals surface area (Å²) in [5.74, 6) is -0.855. The van der Waals surface area contributed by atoms with Crippen molar-refractivity contribution in [1.29, 1.82) is 0 Å². The zero-order valence-electron chi connectivity index (χ0n) is 18.5. The zero-order chi connectivity index (χ0) is 23.9. The highest BCUT2D eigenvalue weighted by molar-refractivity contribution is 6.00. The van der Waals surface area contributed by atoms with E-state index in [0.29, 0.717) is 17.0 Å². The number of aromatic nitrogens is 2. The SMILES string of the molecule is CCc1ccc([C@@H](C(=O)Nc2ccc(F)cc2)N(Cc2ccco2)C(=O)c2cnccn2)cc1. The number of carbonyl (C=O) groups is 2. The number of benzene rings is 2. The van der Waals surface area contributed by atoms with Crippen LogP contribution in [0.4, 0.5) is 10.1 Å². The molecule has 0 saturated heterocycles. The van der Waals surface area contributed by atoms with Gasteiger partial charge in [0, 0.05) is 18.1 Å². The van der Waals surface area contributed by atoms with E-state index in [9.17, 15) is 14.0 Å². The summed E-state index contributed by atoms with van der Waals surface area (Å²) < 4.78 is 18.8. The lowest BCUT2D eigenvalue weighted by molar-refractivity contribution is -0.121. The van der Waals surface area contributed by atoms with Gasteiger partial charge in [-0.05, 0) is 53.9 Å². The minimum atomic E-state index is -1.02. The van der Waals surface area contributed by atoms with Crippen LogP contribution in [-0.4, -0.2) is 26.7 Å². The van der Waals surface area contributed by atoms with Crippen molar-refractivity contribution in [3.8, 4) is 0 Å². The average molecular weight is 458 g/mol. The summed E-state index contributed by atoms with van der Waals surface area (Å²) in [6, 6.07) is 15.4. The van der Waals surface area contributed by atoms with Gasteiger partial charge in [-0.15, -0.1) is 0 Å². The number of rotatable bonds is 8. The van der Waals surface area contributed by atoms with E-state index in [-0.39, 0.29) is 12.2 Å². The van der Waals surface area contributed by atoms with Gasteiger partial charge in [0.1, 0.15) is 23.3 Å². The van der Waals surface area contributed by atoms with Crippen LogP contribution < -0.4 is 5.32 Å². The first-order valence-electron chi connectivity index (χ1n) is 10.8. The predicted molar refractivity (Wildman–Crippen MR) is 124 cm³/mol. The van der Waals surface area contributed by atoms with Crippen molar-refractivity contribution < 1.29 is 18.4 Å². The molecule has 2 heterocycles. The summed E-state index contributed by atoms with van der Waals surface area (Å²) in [6.07, 6.45) is 6.58. The zero-order valence-corrected chi connectivity index (χ0v) is 18.5. The van der Waals surface area contributed by atoms with Crippen LogP contribution in [0, 0.1) is 5.82 Å². The summed E-state index contributed by atoms with van der Waals surface area (Å²) in [6.45, 7) is 2.06. The third-order valence-corrected chi connectivity index (χ3v) is 5.32. The minimum Gasteiger partial charge on any atom is -0.467 e. The predicted octanol–water partition coefficient (Wildman–Crippen LogP) is 4.79. The van der Waals surface area contributed by atoms with Gasteiger partial charge in [0.25, 0.3) is 11.8 Å². The van der Waals surface area contributed by atoms with E-state index in [1.54, 1.807) is 12.1 Å². The largest absolute Gasteiger partial charge is 0.467 e. The summed E-state index contributed by atoms with van der Waals surface area (Å²) in [4.78, 5) is 36.7. The Balaban J connectivity index is 1.76. The molecule has 0 fully saturated rings. The van der Waals surface area contributed by atoms with Crippen molar-refractivity contribution in [2.45, 2.75) is 25.9 Å². The molecule has 8 heteroatoms. The van der Waals surface area contributed by atoms with Crippen LogP contribution in [0.3, 0.4) is 0 Å². The van der Waals surface area contributed by atoms with Crippen LogP contribution in [0.2, 0.25) is 0 Å². The number of furan rings is 1. The molecule has 4 rings (SSSR count). The van der Waals surface area contributed by atoms with Crippen molar-refractivity contribution in [3.63, 3.8) is 0 Å². The Morgan fingerprint density at radius 2 is 1.82 bits per heavy atom. The van der Waals surface area contributed by atoms with E-state index in [1.165, 1.54) is 54.0 Å². The van der Waals surface area contributed by atoms with Gasteiger partial charge in [-0.1, -0.05) is 31.2 Å². The summed E-state index contributed by atoms with van der Waals surface area (Å²) in [5.41, 5.74) is 2.21. The molecular formula is C26H23FN4O3. The summed E-state index contributed by atoms with van der Waals surface area (Å²) in [5, 5.41) is 2.80. The van der Waals surface area contributed by atoms with Gasteiger partial charge in [0.05, 0.1) is 19.0 Å². The molecule has 0 spiro atoms. The van der Waals surface area contributed by atoms with E-state index in [2.05, 4.69) is 15.3 Å². The Hall–Kier alpha value is -4.33. The van der Waals surface area contributed by atoms with Crippen molar-refractivity contribution in [1.82, 2.24) is 14.9 Å². The quantitative estimate of drug-likeness (QED) is 0.410. The maximum atomic E-state index is 13.6. The molecule has 4 aromatic rings. The second kappa shape index (κ2) is 10.5. The highest BCUT2D eigenvalue weighted by Crippen LogP contribution is 2.27. The second-order valence-corrected chi connectivity index (χ2v) is 7.60. The molecule has 7 nitrogen and oxygen atoms in total. The highest BCUT2D eigenvalue weighted by atomic mass is 19.1. The van der Waals surface area contributed by atoms with E-state index >= 15 is 0 Å². The van der Waals surface area contributed by atoms with E-state index in [0.717, 1.165) is 12.0 Å². The van der Waals surface area contributed by atoms with Crippen molar-refractivity contribution in [2.75, 3.05) is 5.32 Å². The van der Waals surface area contributed by atoms with Crippen LogP contribution in [0.1, 0.15) is 40.3 Å². The third kappa shape index (κ3) is 5.35. The van der Waals surface area contributed by atoms with Crippen LogP contribution in [0.5, 0.6) is 0 Å². The van der Waals surface area contributed by atoms with Crippen LogP contribution in [0.15, 0.2) is 89.9 Å². The number of carbonyl (C=O) groups excluding carboxylic acids is 2. The molecule has 0 aliphatic rings. The van der Waals surface area contributed by atoms with Gasteiger partial charge >= 0.3 is 0 Å². The Morgan fingerprint density at radius 1 is 1.06 bits per heavy atom. The molecule has 1 atom stereocenters. The normalized spacial score (nSPS) is 11.6. The fourth-order valence-electron chi connectivity index (χ4n) is 3.56. The lowest BCUT2D eigenvalue weighted by Crippen LogP contribution is -2.41. The molecule has 0 aliphatic carbocycles. The first-order valence-corrected chi connectivity index (χ1v) is 10.8. The summed E-state index contributed by atoms with van der Waals surface area (Å²) in [7, 11) is 0. The molecule has 0 aliphatic heterocycles. The number of anilines is 1. The van der Waals surface area contributed by atoms with Crippen LogP contribution >= 0.6 is 0 Å². The Bertz CT molecular complexity index is 1230. The maximum absolute atomic E-state index is 13.6. The number of hydrogen-bond acceptors (Lipinski definition) is 5. The van der Waals surface area contributed by atoms with Gasteiger partial charge in [-0.25, -0.2) is 9.37 Å². The molecule has 2 amide bonds. The van der Waals surface area contributed by atoms with Crippen molar-refractivity contribution in [3.05, 3.63) is 114 Å². The lowest BCUT2D eigenvalue weighted by Gasteiger charge is -2.30. The first-order chi connectivity index (χ1) is 16.5.